The van der Waals surface area contributed by atoms with Gasteiger partial charge >= 0.3 is 0 Å². The van der Waals surface area contributed by atoms with E-state index in [0.717, 1.165) is 40.3 Å². The van der Waals surface area contributed by atoms with Crippen LogP contribution in [0.1, 0.15) is 29.8 Å². The van der Waals surface area contributed by atoms with E-state index in [-0.39, 0.29) is 0 Å². The summed E-state index contributed by atoms with van der Waals surface area (Å²) in [7, 11) is 0. The number of hydrogen-bond donors (Lipinski definition) is 0. The third-order valence-corrected chi connectivity index (χ3v) is 5.32. The Hall–Kier alpha value is -2.30. The molecule has 1 unspecified atom stereocenters. The number of para-hydroxylation sites is 1. The molecule has 4 aromatic rings. The molecular weight excluding hydrogens is 391 g/mol. The molecule has 2 heterocycles. The maximum Gasteiger partial charge on any atom is 0.144 e. The van der Waals surface area contributed by atoms with E-state index in [1.54, 1.807) is 0 Å². The van der Waals surface area contributed by atoms with E-state index < -0.39 is 0 Å². The summed E-state index contributed by atoms with van der Waals surface area (Å²) in [6.07, 6.45) is 3.65. The topological polar surface area (TPSA) is 51.6 Å². The number of nitrogens with zero attached hydrogens (tertiary/aromatic N) is 4. The number of hydrogen-bond acceptors (Lipinski definition) is 4. The highest BCUT2D eigenvalue weighted by molar-refractivity contribution is 6.17. The highest BCUT2D eigenvalue weighted by Crippen LogP contribution is 2.24. The molecule has 0 fully saturated rings. The molecule has 0 amide bonds. The van der Waals surface area contributed by atoms with E-state index in [0.29, 0.717) is 29.3 Å². The van der Waals surface area contributed by atoms with Crippen molar-refractivity contribution in [2.45, 2.75) is 31.5 Å². The molecule has 2 aromatic heterocycles. The number of benzene rings is 2. The van der Waals surface area contributed by atoms with Crippen molar-refractivity contribution in [2.75, 3.05) is 0 Å². The Morgan fingerprint density at radius 3 is 2.32 bits per heavy atom. The summed E-state index contributed by atoms with van der Waals surface area (Å²) in [4.78, 5) is 18.1. The molecule has 0 aliphatic carbocycles. The largest absolute Gasteiger partial charge is 0.239 e. The fraction of sp³-hybridized carbons (Fsp3) is 0.273. The average Bonchev–Trinajstić information content (AvgIpc) is 2.73. The van der Waals surface area contributed by atoms with Gasteiger partial charge in [0.2, 0.25) is 0 Å². The quantitative estimate of drug-likeness (QED) is 0.395. The second-order valence-corrected chi connectivity index (χ2v) is 7.56. The van der Waals surface area contributed by atoms with E-state index in [4.69, 9.17) is 28.2 Å². The number of halogens is 2. The van der Waals surface area contributed by atoms with Crippen LogP contribution in [0.2, 0.25) is 0 Å². The van der Waals surface area contributed by atoms with Crippen LogP contribution in [0.3, 0.4) is 0 Å². The van der Waals surface area contributed by atoms with Gasteiger partial charge in [-0.1, -0.05) is 37.3 Å². The first-order valence-electron chi connectivity index (χ1n) is 9.28. The van der Waals surface area contributed by atoms with Crippen LogP contribution in [0.4, 0.5) is 0 Å². The minimum atomic E-state index is 0.315. The number of rotatable bonds is 6. The fourth-order valence-corrected chi connectivity index (χ4v) is 3.83. The van der Waals surface area contributed by atoms with Crippen molar-refractivity contribution in [2.24, 2.45) is 5.92 Å². The van der Waals surface area contributed by atoms with E-state index in [1.807, 2.05) is 36.5 Å². The predicted molar refractivity (Wildman–Crippen MR) is 115 cm³/mol. The molecule has 142 valence electrons. The van der Waals surface area contributed by atoms with Crippen LogP contribution in [-0.2, 0) is 24.6 Å². The van der Waals surface area contributed by atoms with Crippen LogP contribution in [-0.4, -0.2) is 19.9 Å². The van der Waals surface area contributed by atoms with Gasteiger partial charge in [0, 0.05) is 17.0 Å². The van der Waals surface area contributed by atoms with Crippen molar-refractivity contribution >= 4 is 45.0 Å². The molecular formula is C22H20Cl2N4. The number of fused-ring (bicyclic) bond motifs is 2. The Morgan fingerprint density at radius 1 is 0.786 bits per heavy atom. The van der Waals surface area contributed by atoms with E-state index in [2.05, 4.69) is 34.0 Å². The molecule has 0 N–H and O–H groups in total. The number of alkyl halides is 2. The monoisotopic (exact) mass is 410 g/mol. The molecule has 4 nitrogen and oxygen atoms in total. The highest BCUT2D eigenvalue weighted by Gasteiger charge is 2.13. The standard InChI is InChI=1S/C22H20Cl2N4/c1-14(9-15-5-4-8-19-17(15)13-25-21(11-23)26-19)10-20-16-6-2-3-7-18(16)27-22(12-24)28-20/h2-8,13-14H,9-12H2,1H3. The molecule has 28 heavy (non-hydrogen) atoms. The van der Waals surface area contributed by atoms with Gasteiger partial charge in [-0.15, -0.1) is 23.2 Å². The SMILES string of the molecule is CC(Cc1cccc2nc(CCl)ncc12)Cc1nc(CCl)nc2ccccc12. The lowest BCUT2D eigenvalue weighted by Crippen LogP contribution is -2.08. The second kappa shape index (κ2) is 8.38. The predicted octanol–water partition coefficient (Wildman–Crippen LogP) is 5.47. The van der Waals surface area contributed by atoms with Gasteiger partial charge in [-0.2, -0.15) is 0 Å². The Balaban J connectivity index is 1.63. The maximum absolute atomic E-state index is 6.01. The van der Waals surface area contributed by atoms with E-state index in [1.165, 1.54) is 5.56 Å². The van der Waals surface area contributed by atoms with E-state index in [9.17, 15) is 0 Å². The summed E-state index contributed by atoms with van der Waals surface area (Å²) in [5.74, 6) is 2.35. The van der Waals surface area contributed by atoms with Gasteiger partial charge in [0.1, 0.15) is 11.6 Å². The third-order valence-electron chi connectivity index (χ3n) is 4.84. The van der Waals surface area contributed by atoms with Crippen molar-refractivity contribution < 1.29 is 0 Å². The van der Waals surface area contributed by atoms with Crippen molar-refractivity contribution in [1.29, 1.82) is 0 Å². The zero-order valence-electron chi connectivity index (χ0n) is 15.6. The Bertz CT molecular complexity index is 1130. The van der Waals surface area contributed by atoms with Gasteiger partial charge < -0.3 is 0 Å². The Morgan fingerprint density at radius 2 is 1.50 bits per heavy atom. The minimum absolute atomic E-state index is 0.315. The van der Waals surface area contributed by atoms with Gasteiger partial charge in [0.15, 0.2) is 0 Å². The van der Waals surface area contributed by atoms with Gasteiger partial charge in [-0.05, 0) is 36.5 Å². The van der Waals surface area contributed by atoms with Gasteiger partial charge in [0.25, 0.3) is 0 Å². The highest BCUT2D eigenvalue weighted by atomic mass is 35.5. The first-order chi connectivity index (χ1) is 13.7. The molecule has 0 saturated heterocycles. The lowest BCUT2D eigenvalue weighted by molar-refractivity contribution is 0.572. The minimum Gasteiger partial charge on any atom is -0.239 e. The molecule has 0 radical (unpaired) electrons. The molecule has 0 aliphatic heterocycles. The molecule has 2 aromatic carbocycles. The Labute approximate surface area is 174 Å². The van der Waals surface area contributed by atoms with Crippen LogP contribution in [0, 0.1) is 5.92 Å². The molecule has 0 bridgehead atoms. The maximum atomic E-state index is 6.01. The average molecular weight is 411 g/mol. The van der Waals surface area contributed by atoms with Crippen molar-refractivity contribution in [3.8, 4) is 0 Å². The molecule has 0 aliphatic rings. The zero-order valence-corrected chi connectivity index (χ0v) is 17.1. The second-order valence-electron chi connectivity index (χ2n) is 7.02. The molecule has 0 saturated carbocycles. The van der Waals surface area contributed by atoms with Gasteiger partial charge in [0.05, 0.1) is 28.5 Å². The summed E-state index contributed by atoms with van der Waals surface area (Å²) in [6, 6.07) is 14.3. The normalized spacial score (nSPS) is 12.5. The Kier molecular flexibility index (Phi) is 5.69. The van der Waals surface area contributed by atoms with E-state index >= 15 is 0 Å². The number of aromatic nitrogens is 4. The third kappa shape index (κ3) is 3.94. The van der Waals surface area contributed by atoms with Crippen molar-refractivity contribution in [1.82, 2.24) is 19.9 Å². The molecule has 6 heteroatoms. The molecule has 4 rings (SSSR count). The smallest absolute Gasteiger partial charge is 0.144 e. The zero-order chi connectivity index (χ0) is 19.5. The van der Waals surface area contributed by atoms with Crippen LogP contribution in [0.5, 0.6) is 0 Å². The van der Waals surface area contributed by atoms with Crippen LogP contribution >= 0.6 is 23.2 Å². The lowest BCUT2D eigenvalue weighted by atomic mass is 9.93. The lowest BCUT2D eigenvalue weighted by Gasteiger charge is -2.15. The van der Waals surface area contributed by atoms with Crippen LogP contribution in [0.15, 0.2) is 48.7 Å². The first-order valence-corrected chi connectivity index (χ1v) is 10.3. The summed E-state index contributed by atoms with van der Waals surface area (Å²) < 4.78 is 0. The first kappa shape index (κ1) is 19.0. The summed E-state index contributed by atoms with van der Waals surface area (Å²) >= 11 is 11.9. The van der Waals surface area contributed by atoms with Crippen molar-refractivity contribution in [3.63, 3.8) is 0 Å². The summed E-state index contributed by atoms with van der Waals surface area (Å²) in [5.41, 5.74) is 4.17. The van der Waals surface area contributed by atoms with Gasteiger partial charge in [-0.25, -0.2) is 19.9 Å². The van der Waals surface area contributed by atoms with Crippen LogP contribution in [0.25, 0.3) is 21.8 Å². The molecule has 1 atom stereocenters. The van der Waals surface area contributed by atoms with Crippen LogP contribution < -0.4 is 0 Å². The summed E-state index contributed by atoms with van der Waals surface area (Å²) in [5, 5.41) is 2.17. The van der Waals surface area contributed by atoms with Gasteiger partial charge in [-0.3, -0.25) is 0 Å². The van der Waals surface area contributed by atoms with Crippen molar-refractivity contribution in [3.05, 3.63) is 71.6 Å². The fourth-order valence-electron chi connectivity index (χ4n) is 3.58. The summed E-state index contributed by atoms with van der Waals surface area (Å²) in [6.45, 7) is 2.24. The molecule has 0 spiro atoms.